The third kappa shape index (κ3) is 58.6. The molecule has 0 saturated carbocycles. The molecule has 0 fully saturated rings. The predicted octanol–water partition coefficient (Wildman–Crippen LogP) is 20.7. The lowest BCUT2D eigenvalue weighted by Crippen LogP contribution is -2.30. The lowest BCUT2D eigenvalue weighted by atomic mass is 10.1. The fraction of sp³-hybridized carbons (Fsp3) is 0.642. The average molecular weight is 996 g/mol. The molecule has 5 nitrogen and oxygen atoms in total. The summed E-state index contributed by atoms with van der Waals surface area (Å²) in [4.78, 5) is 25.5. The highest BCUT2D eigenvalue weighted by molar-refractivity contribution is 5.70. The maximum Gasteiger partial charge on any atom is 0.306 e. The van der Waals surface area contributed by atoms with Crippen LogP contribution in [0.15, 0.2) is 134 Å². The molecule has 0 aliphatic rings. The van der Waals surface area contributed by atoms with Crippen LogP contribution in [0.2, 0.25) is 0 Å². The first-order valence-corrected chi connectivity index (χ1v) is 29.7. The third-order valence-electron chi connectivity index (χ3n) is 12.2. The Morgan fingerprint density at radius 3 is 1.07 bits per heavy atom. The van der Waals surface area contributed by atoms with E-state index in [0.29, 0.717) is 25.9 Å². The van der Waals surface area contributed by atoms with E-state index in [0.717, 1.165) is 103 Å². The molecule has 0 aromatic rings. The minimum absolute atomic E-state index is 0.0312. The Kier molecular flexibility index (Phi) is 58.0. The number of ether oxygens (including phenoxy) is 3. The average Bonchev–Trinajstić information content (AvgIpc) is 3.38. The van der Waals surface area contributed by atoms with Crippen molar-refractivity contribution in [3.63, 3.8) is 0 Å². The van der Waals surface area contributed by atoms with Crippen LogP contribution in [0.3, 0.4) is 0 Å². The quantitative estimate of drug-likeness (QED) is 0.0345. The van der Waals surface area contributed by atoms with Gasteiger partial charge in [0.1, 0.15) is 6.61 Å². The molecule has 5 heteroatoms. The lowest BCUT2D eigenvalue weighted by molar-refractivity contribution is -0.162. The first-order valence-electron chi connectivity index (χ1n) is 29.7. The summed E-state index contributed by atoms with van der Waals surface area (Å²) < 4.78 is 17.4. The van der Waals surface area contributed by atoms with Crippen molar-refractivity contribution in [3.05, 3.63) is 134 Å². The lowest BCUT2D eigenvalue weighted by Gasteiger charge is -2.18. The van der Waals surface area contributed by atoms with E-state index in [9.17, 15) is 9.59 Å². The van der Waals surface area contributed by atoms with Crippen molar-refractivity contribution in [2.45, 2.75) is 258 Å². The molecule has 0 spiro atoms. The van der Waals surface area contributed by atoms with Crippen LogP contribution < -0.4 is 0 Å². The molecule has 1 unspecified atom stereocenters. The molecular weight excluding hydrogens is 885 g/mol. The van der Waals surface area contributed by atoms with Crippen LogP contribution in [0.1, 0.15) is 252 Å². The maximum absolute atomic E-state index is 12.9. The van der Waals surface area contributed by atoms with E-state index in [-0.39, 0.29) is 25.2 Å². The van der Waals surface area contributed by atoms with Crippen molar-refractivity contribution in [3.8, 4) is 0 Å². The van der Waals surface area contributed by atoms with E-state index in [1.807, 2.05) is 6.08 Å². The van der Waals surface area contributed by atoms with Gasteiger partial charge in [0.05, 0.1) is 6.61 Å². The minimum Gasteiger partial charge on any atom is -0.462 e. The molecule has 408 valence electrons. The predicted molar refractivity (Wildman–Crippen MR) is 315 cm³/mol. The highest BCUT2D eigenvalue weighted by atomic mass is 16.6. The molecule has 72 heavy (non-hydrogen) atoms. The van der Waals surface area contributed by atoms with Gasteiger partial charge in [0, 0.05) is 19.4 Å². The van der Waals surface area contributed by atoms with E-state index in [4.69, 9.17) is 14.2 Å². The molecule has 0 N–H and O–H groups in total. The summed E-state index contributed by atoms with van der Waals surface area (Å²) in [5.41, 5.74) is 0. The Balaban J connectivity index is 4.44. The molecule has 0 rings (SSSR count). The summed E-state index contributed by atoms with van der Waals surface area (Å²) in [6.45, 7) is 7.49. The van der Waals surface area contributed by atoms with Gasteiger partial charge in [-0.15, -0.1) is 0 Å². The summed E-state index contributed by atoms with van der Waals surface area (Å²) in [7, 11) is 0. The van der Waals surface area contributed by atoms with E-state index in [1.54, 1.807) is 0 Å². The zero-order valence-electron chi connectivity index (χ0n) is 46.9. The van der Waals surface area contributed by atoms with Gasteiger partial charge < -0.3 is 14.2 Å². The normalized spacial score (nSPS) is 13.2. The van der Waals surface area contributed by atoms with Crippen LogP contribution in [0.4, 0.5) is 0 Å². The van der Waals surface area contributed by atoms with Crippen LogP contribution in [0.5, 0.6) is 0 Å². The van der Waals surface area contributed by atoms with Crippen LogP contribution >= 0.6 is 0 Å². The van der Waals surface area contributed by atoms with E-state index < -0.39 is 6.10 Å². The van der Waals surface area contributed by atoms with Crippen molar-refractivity contribution in [2.75, 3.05) is 19.8 Å². The first kappa shape index (κ1) is 68.0. The number of esters is 2. The number of hydrogen-bond donors (Lipinski definition) is 0. The van der Waals surface area contributed by atoms with Gasteiger partial charge in [-0.1, -0.05) is 251 Å². The van der Waals surface area contributed by atoms with Gasteiger partial charge in [0.25, 0.3) is 0 Å². The van der Waals surface area contributed by atoms with Gasteiger partial charge in [-0.25, -0.2) is 0 Å². The zero-order chi connectivity index (χ0) is 52.0. The summed E-state index contributed by atoms with van der Waals surface area (Å²) in [5.74, 6) is -0.509. The van der Waals surface area contributed by atoms with Crippen LogP contribution in [-0.2, 0) is 23.8 Å². The Bertz CT molecular complexity index is 1500. The fourth-order valence-electron chi connectivity index (χ4n) is 7.82. The van der Waals surface area contributed by atoms with Crippen LogP contribution in [0, 0.1) is 0 Å². The van der Waals surface area contributed by atoms with Gasteiger partial charge >= 0.3 is 11.9 Å². The van der Waals surface area contributed by atoms with Gasteiger partial charge in [0.2, 0.25) is 0 Å². The summed E-state index contributed by atoms with van der Waals surface area (Å²) >= 11 is 0. The maximum atomic E-state index is 12.9. The molecule has 0 bridgehead atoms. The zero-order valence-corrected chi connectivity index (χ0v) is 46.9. The van der Waals surface area contributed by atoms with Crippen LogP contribution in [0.25, 0.3) is 0 Å². The Morgan fingerprint density at radius 1 is 0.319 bits per heavy atom. The number of hydrogen-bond acceptors (Lipinski definition) is 5. The highest BCUT2D eigenvalue weighted by Gasteiger charge is 2.17. The topological polar surface area (TPSA) is 61.8 Å². The molecule has 0 aromatic heterocycles. The molecule has 1 atom stereocenters. The monoisotopic (exact) mass is 995 g/mol. The molecule has 0 aliphatic carbocycles. The number of rotatable bonds is 53. The molecule has 0 heterocycles. The SMILES string of the molecule is CC/C=C\C/C=C\C/C=C\C/C=C\C/C=C\C/C=C\CCC(=O)OCC(COCCCCCCCCC/C=C\C/C=C\C/C=C\C/C=C\CC)OC(=O)CCCCCCCCC/C=C\CCCCCCCC. The van der Waals surface area contributed by atoms with Crippen molar-refractivity contribution in [1.29, 1.82) is 0 Å². The van der Waals surface area contributed by atoms with Crippen molar-refractivity contribution in [1.82, 2.24) is 0 Å². The Hall–Kier alpha value is -3.96. The summed E-state index contributed by atoms with van der Waals surface area (Å²) in [6.07, 6.45) is 87.7. The minimum atomic E-state index is -0.586. The van der Waals surface area contributed by atoms with Gasteiger partial charge in [0.15, 0.2) is 6.10 Å². The van der Waals surface area contributed by atoms with Crippen LogP contribution in [-0.4, -0.2) is 37.9 Å². The largest absolute Gasteiger partial charge is 0.462 e. The van der Waals surface area contributed by atoms with Gasteiger partial charge in [-0.2, -0.15) is 0 Å². The highest BCUT2D eigenvalue weighted by Crippen LogP contribution is 2.14. The Labute approximate surface area is 445 Å². The van der Waals surface area contributed by atoms with Crippen molar-refractivity contribution in [2.24, 2.45) is 0 Å². The molecule has 0 aromatic carbocycles. The second-order valence-corrected chi connectivity index (χ2v) is 19.1. The molecular formula is C67H110O5. The molecule has 0 radical (unpaired) electrons. The van der Waals surface area contributed by atoms with E-state index in [2.05, 4.69) is 148 Å². The second kappa shape index (κ2) is 61.3. The summed E-state index contributed by atoms with van der Waals surface area (Å²) in [5, 5.41) is 0. The summed E-state index contributed by atoms with van der Waals surface area (Å²) in [6, 6.07) is 0. The van der Waals surface area contributed by atoms with Crippen molar-refractivity contribution >= 4 is 11.9 Å². The number of carbonyl (C=O) groups is 2. The molecule has 0 aliphatic heterocycles. The first-order chi connectivity index (χ1) is 35.6. The second-order valence-electron chi connectivity index (χ2n) is 19.1. The fourth-order valence-corrected chi connectivity index (χ4v) is 7.82. The van der Waals surface area contributed by atoms with Crippen molar-refractivity contribution < 1.29 is 23.8 Å². The third-order valence-corrected chi connectivity index (χ3v) is 12.2. The Morgan fingerprint density at radius 2 is 0.653 bits per heavy atom. The molecule has 0 saturated heterocycles. The number of unbranched alkanes of at least 4 members (excludes halogenated alkanes) is 20. The smallest absolute Gasteiger partial charge is 0.306 e. The molecule has 0 amide bonds. The number of allylic oxidation sites excluding steroid dienone is 22. The standard InChI is InChI=1S/C67H110O5/c1-4-7-10-13-16-19-22-25-28-31-33-35-38-41-44-47-50-53-56-59-62-70-63-65(72-67(69)61-58-55-52-49-46-43-40-36-30-27-24-21-18-15-12-9-6-3)64-71-66(68)60-57-54-51-48-45-42-39-37-34-32-29-26-23-20-17-14-11-8-5-2/h7-8,10-11,16-17,19-20,25-30,33-35,37,42,45,51,54,65H,4-6,9,12-15,18,21-24,31-32,36,38-41,43-44,46-50,52-53,55-64H2,1-3H3/b10-7-,11-8-,19-16-,20-17-,28-25-,29-26-,30-27-,35-33-,37-34-,45-42-,54-51-. The van der Waals surface area contributed by atoms with Gasteiger partial charge in [-0.05, 0) is 122 Å². The van der Waals surface area contributed by atoms with E-state index in [1.165, 1.54) is 109 Å². The van der Waals surface area contributed by atoms with Gasteiger partial charge in [-0.3, -0.25) is 9.59 Å². The van der Waals surface area contributed by atoms with E-state index >= 15 is 0 Å². The number of carbonyl (C=O) groups excluding carboxylic acids is 2.